The Hall–Kier alpha value is -4.14. The lowest BCUT2D eigenvalue weighted by atomic mass is 9.94. The van der Waals surface area contributed by atoms with Crippen molar-refractivity contribution in [3.63, 3.8) is 0 Å². The molecule has 13 nitrogen and oxygen atoms in total. The van der Waals surface area contributed by atoms with Crippen LogP contribution in [-0.4, -0.2) is 94.1 Å². The second-order valence-electron chi connectivity index (χ2n) is 12.9. The zero-order valence-corrected chi connectivity index (χ0v) is 31.2. The van der Waals surface area contributed by atoms with Crippen LogP contribution in [0.25, 0.3) is 0 Å². The number of methoxy groups -OCH3 is 1. The SMILES string of the molecule is [2H]Cc1cc(O)cc(C[2H])c1C[C@H](N)C(=O)N(CC(=O)N[C@@H](Cc1c(C)cc(C)cc1C)C(=O)NCCCCCC(=O)OC)C(=O)[C@H](N)CCS(C)=O. The molecule has 0 saturated carbocycles. The summed E-state index contributed by atoms with van der Waals surface area (Å²) in [5.74, 6) is -3.56. The Bertz CT molecular complexity index is 1590. The van der Waals surface area contributed by atoms with E-state index in [9.17, 15) is 33.3 Å². The molecular formula is C37H55N5O8S. The van der Waals surface area contributed by atoms with Gasteiger partial charge in [0.25, 0.3) is 0 Å². The molecule has 2 aromatic carbocycles. The maximum atomic E-state index is 13.9. The van der Waals surface area contributed by atoms with Gasteiger partial charge in [0, 0.05) is 44.9 Å². The minimum absolute atomic E-state index is 0.0385. The highest BCUT2D eigenvalue weighted by Crippen LogP contribution is 2.22. The fourth-order valence-corrected chi connectivity index (χ4v) is 6.35. The molecule has 2 aromatic rings. The van der Waals surface area contributed by atoms with Gasteiger partial charge in [-0.25, -0.2) is 0 Å². The molecule has 0 aliphatic heterocycles. The number of benzene rings is 2. The number of nitrogens with zero attached hydrogens (tertiary/aromatic N) is 1. The Kier molecular flexibility index (Phi) is 16.0. The van der Waals surface area contributed by atoms with Crippen LogP contribution in [0.1, 0.15) is 73.8 Å². The van der Waals surface area contributed by atoms with Crippen molar-refractivity contribution in [1.29, 1.82) is 0 Å². The Labute approximate surface area is 306 Å². The van der Waals surface area contributed by atoms with E-state index in [1.54, 1.807) is 0 Å². The average Bonchev–Trinajstić information content (AvgIpc) is 3.11. The monoisotopic (exact) mass is 731 g/mol. The number of unbranched alkanes of at least 4 members (excludes halogenated alkanes) is 2. The van der Waals surface area contributed by atoms with Crippen molar-refractivity contribution >= 4 is 40.4 Å². The number of imide groups is 1. The van der Waals surface area contributed by atoms with Crippen molar-refractivity contribution in [2.45, 2.75) is 97.6 Å². The zero-order valence-electron chi connectivity index (χ0n) is 32.3. The van der Waals surface area contributed by atoms with Crippen LogP contribution in [0.5, 0.6) is 5.75 Å². The summed E-state index contributed by atoms with van der Waals surface area (Å²) in [6.07, 6.45) is 3.41. The van der Waals surface area contributed by atoms with Crippen molar-refractivity contribution < 1.29 is 40.8 Å². The first kappa shape index (κ1) is 39.6. The number of hydrogen-bond acceptors (Lipinski definition) is 10. The smallest absolute Gasteiger partial charge is 0.305 e. The standard InChI is InChI=1S/C37H55N5O8S/c1-22-15-23(2)29(24(3)16-22)20-32(35(46)40-13-10-8-9-11-34(45)50-6)41-33(44)21-42(36(47)30(38)12-14-51(7)49)37(48)31(39)19-28-25(4)17-27(43)18-26(28)5/h15-18,30-32,43H,8-14,19-21,38-39H2,1-7H3,(H,40,46)(H,41,44)/t30-,31+,32+,51?/m1/s1/i4D,5D. The van der Waals surface area contributed by atoms with E-state index in [4.69, 9.17) is 14.2 Å². The number of esters is 1. The number of ether oxygens (including phenoxy) is 1. The van der Waals surface area contributed by atoms with Gasteiger partial charge in [0.05, 0.1) is 19.2 Å². The molecule has 0 aliphatic rings. The molecule has 51 heavy (non-hydrogen) atoms. The van der Waals surface area contributed by atoms with E-state index in [-0.39, 0.29) is 63.5 Å². The fourth-order valence-electron chi connectivity index (χ4n) is 5.77. The number of carbonyl (C=O) groups is 5. The van der Waals surface area contributed by atoms with Crippen molar-refractivity contribution in [1.82, 2.24) is 15.5 Å². The molecule has 0 bridgehead atoms. The summed E-state index contributed by atoms with van der Waals surface area (Å²) < 4.78 is 32.2. The molecule has 14 heteroatoms. The summed E-state index contributed by atoms with van der Waals surface area (Å²) in [6.45, 7) is 4.70. The van der Waals surface area contributed by atoms with Crippen LogP contribution >= 0.6 is 0 Å². The first-order valence-electron chi connectivity index (χ1n) is 18.2. The third kappa shape index (κ3) is 13.8. The lowest BCUT2D eigenvalue weighted by Gasteiger charge is -2.28. The average molecular weight is 732 g/mol. The van der Waals surface area contributed by atoms with Crippen molar-refractivity contribution in [2.24, 2.45) is 11.5 Å². The van der Waals surface area contributed by atoms with Crippen molar-refractivity contribution in [3.8, 4) is 5.75 Å². The van der Waals surface area contributed by atoms with E-state index in [0.29, 0.717) is 40.9 Å². The molecule has 4 amide bonds. The molecule has 0 aliphatic carbocycles. The van der Waals surface area contributed by atoms with E-state index < -0.39 is 59.1 Å². The third-order valence-corrected chi connectivity index (χ3v) is 9.32. The number of aromatic hydroxyl groups is 1. The normalized spacial score (nSPS) is 13.9. The second kappa shape index (κ2) is 20.6. The van der Waals surface area contributed by atoms with Crippen LogP contribution in [0.3, 0.4) is 0 Å². The molecule has 7 N–H and O–H groups in total. The number of amides is 4. The number of carbonyl (C=O) groups excluding carboxylic acids is 5. The van der Waals surface area contributed by atoms with E-state index in [1.807, 2.05) is 32.9 Å². The number of phenols is 1. The molecule has 282 valence electrons. The number of aryl methyl sites for hydroxylation is 5. The van der Waals surface area contributed by atoms with Gasteiger partial charge in [-0.05, 0) is 106 Å². The Morgan fingerprint density at radius 1 is 0.902 bits per heavy atom. The van der Waals surface area contributed by atoms with Crippen molar-refractivity contribution in [3.05, 3.63) is 63.2 Å². The van der Waals surface area contributed by atoms with E-state index in [2.05, 4.69) is 15.4 Å². The van der Waals surface area contributed by atoms with Crippen molar-refractivity contribution in [2.75, 3.05) is 32.2 Å². The van der Waals surface area contributed by atoms with Gasteiger partial charge in [-0.2, -0.15) is 0 Å². The highest BCUT2D eigenvalue weighted by atomic mass is 32.2. The summed E-state index contributed by atoms with van der Waals surface area (Å²) in [5.41, 5.74) is 17.3. The molecule has 1 unspecified atom stereocenters. The van der Waals surface area contributed by atoms with Crippen LogP contribution in [0.15, 0.2) is 24.3 Å². The number of rotatable bonds is 19. The van der Waals surface area contributed by atoms with Gasteiger partial charge in [-0.15, -0.1) is 0 Å². The molecule has 0 aromatic heterocycles. The summed E-state index contributed by atoms with van der Waals surface area (Å²) in [4.78, 5) is 66.9. The highest BCUT2D eigenvalue weighted by molar-refractivity contribution is 7.84. The lowest BCUT2D eigenvalue weighted by Crippen LogP contribution is -2.57. The predicted molar refractivity (Wildman–Crippen MR) is 197 cm³/mol. The van der Waals surface area contributed by atoms with E-state index >= 15 is 0 Å². The Morgan fingerprint density at radius 2 is 1.49 bits per heavy atom. The Balaban J connectivity index is 2.37. The van der Waals surface area contributed by atoms with E-state index in [1.165, 1.54) is 25.5 Å². The minimum Gasteiger partial charge on any atom is -0.508 e. The number of nitrogens with two attached hydrogens (primary N) is 2. The topological polar surface area (TPSA) is 211 Å². The predicted octanol–water partition coefficient (Wildman–Crippen LogP) is 1.83. The molecular weight excluding hydrogens is 675 g/mol. The lowest BCUT2D eigenvalue weighted by molar-refractivity contribution is -0.149. The largest absolute Gasteiger partial charge is 0.508 e. The summed E-state index contributed by atoms with van der Waals surface area (Å²) >= 11 is 0. The maximum Gasteiger partial charge on any atom is 0.305 e. The summed E-state index contributed by atoms with van der Waals surface area (Å²) in [6, 6.07) is 2.85. The van der Waals surface area contributed by atoms with E-state index in [0.717, 1.165) is 22.3 Å². The molecule has 4 atom stereocenters. The van der Waals surface area contributed by atoms with Gasteiger partial charge in [-0.1, -0.05) is 24.1 Å². The molecule has 0 radical (unpaired) electrons. The summed E-state index contributed by atoms with van der Waals surface area (Å²) in [5, 5.41) is 15.6. The maximum absolute atomic E-state index is 13.9. The van der Waals surface area contributed by atoms with Crippen LogP contribution in [0.2, 0.25) is 0 Å². The fraction of sp³-hybridized carbons (Fsp3) is 0.541. The van der Waals surface area contributed by atoms with Gasteiger partial charge in [-0.3, -0.25) is 33.1 Å². The van der Waals surface area contributed by atoms with Crippen LogP contribution in [-0.2, 0) is 52.4 Å². The third-order valence-electron chi connectivity index (χ3n) is 8.51. The van der Waals surface area contributed by atoms with Gasteiger partial charge in [0.1, 0.15) is 18.3 Å². The zero-order chi connectivity index (χ0) is 39.8. The molecule has 2 rings (SSSR count). The number of phenolic OH excluding ortho intramolecular Hbond substituents is 1. The first-order chi connectivity index (χ1) is 25.0. The van der Waals surface area contributed by atoms with Crippen LogP contribution < -0.4 is 22.1 Å². The van der Waals surface area contributed by atoms with Crippen LogP contribution in [0, 0.1) is 34.6 Å². The molecule has 0 saturated heterocycles. The molecule has 0 spiro atoms. The highest BCUT2D eigenvalue weighted by Gasteiger charge is 2.33. The second-order valence-corrected chi connectivity index (χ2v) is 14.4. The van der Waals surface area contributed by atoms with Gasteiger partial charge < -0.3 is 31.9 Å². The summed E-state index contributed by atoms with van der Waals surface area (Å²) in [7, 11) is 0.0318. The quantitative estimate of drug-likeness (QED) is 0.105. The van der Waals surface area contributed by atoms with Gasteiger partial charge >= 0.3 is 5.97 Å². The van der Waals surface area contributed by atoms with Gasteiger partial charge in [0.15, 0.2) is 0 Å². The number of hydrogen-bond donors (Lipinski definition) is 5. The Morgan fingerprint density at radius 3 is 2.06 bits per heavy atom. The molecule has 0 heterocycles. The van der Waals surface area contributed by atoms with Crippen LogP contribution in [0.4, 0.5) is 0 Å². The molecule has 0 fully saturated rings. The minimum atomic E-state index is -1.41. The van der Waals surface area contributed by atoms with Gasteiger partial charge in [0.2, 0.25) is 23.6 Å². The number of nitrogens with one attached hydrogen (secondary N) is 2. The first-order valence-corrected chi connectivity index (χ1v) is 18.5.